The summed E-state index contributed by atoms with van der Waals surface area (Å²) in [7, 11) is 0. The summed E-state index contributed by atoms with van der Waals surface area (Å²) in [5.74, 6) is 0. The van der Waals surface area contributed by atoms with Crippen LogP contribution in [-0.2, 0) is 6.42 Å². The van der Waals surface area contributed by atoms with Gasteiger partial charge in [0.2, 0.25) is 0 Å². The summed E-state index contributed by atoms with van der Waals surface area (Å²) < 4.78 is 0. The van der Waals surface area contributed by atoms with Gasteiger partial charge in [-0.15, -0.1) is 0 Å². The predicted molar refractivity (Wildman–Crippen MR) is 70.8 cm³/mol. The Morgan fingerprint density at radius 1 is 1.18 bits per heavy atom. The highest BCUT2D eigenvalue weighted by atomic mass is 14.6. The minimum Gasteiger partial charge on any atom is -0.324 e. The monoisotopic (exact) mass is 226 g/mol. The van der Waals surface area contributed by atoms with Crippen LogP contribution >= 0.6 is 0 Å². The summed E-state index contributed by atoms with van der Waals surface area (Å²) in [6, 6.07) is 10.4. The molecule has 1 atom stereocenters. The molecular weight excluding hydrogens is 208 g/mol. The van der Waals surface area contributed by atoms with Crippen molar-refractivity contribution >= 4 is 0 Å². The lowest BCUT2D eigenvalue weighted by Gasteiger charge is -2.16. The predicted octanol–water partition coefficient (Wildman–Crippen LogP) is 2.94. The largest absolute Gasteiger partial charge is 0.324 e. The van der Waals surface area contributed by atoms with Crippen LogP contribution < -0.4 is 5.73 Å². The van der Waals surface area contributed by atoms with Crippen molar-refractivity contribution in [3.8, 4) is 0 Å². The third-order valence-corrected chi connectivity index (χ3v) is 3.22. The lowest BCUT2D eigenvalue weighted by Crippen LogP contribution is -2.15. The van der Waals surface area contributed by atoms with E-state index in [0.717, 1.165) is 6.42 Å². The van der Waals surface area contributed by atoms with Crippen molar-refractivity contribution in [2.24, 2.45) is 5.73 Å². The minimum atomic E-state index is 0.0408. The average Bonchev–Trinajstić information content (AvgIpc) is 2.34. The number of nitrogens with two attached hydrogens (primary N) is 1. The molecule has 0 aliphatic rings. The molecule has 0 saturated carbocycles. The maximum absolute atomic E-state index is 6.27. The van der Waals surface area contributed by atoms with Crippen LogP contribution in [0.5, 0.6) is 0 Å². The first kappa shape index (κ1) is 11.8. The zero-order chi connectivity index (χ0) is 12.3. The fourth-order valence-electron chi connectivity index (χ4n) is 2.06. The number of aromatic nitrogens is 1. The molecule has 1 heterocycles. The smallest absolute Gasteiger partial charge is 0.0339 e. The van der Waals surface area contributed by atoms with Crippen molar-refractivity contribution < 1.29 is 0 Å². The van der Waals surface area contributed by atoms with Gasteiger partial charge in [0.05, 0.1) is 0 Å². The van der Waals surface area contributed by atoms with Crippen LogP contribution in [0.3, 0.4) is 0 Å². The fraction of sp³-hybridized carbons (Fsp3) is 0.267. The Morgan fingerprint density at radius 2 is 2.00 bits per heavy atom. The highest BCUT2D eigenvalue weighted by Crippen LogP contribution is 2.21. The van der Waals surface area contributed by atoms with Crippen molar-refractivity contribution in [1.29, 1.82) is 0 Å². The van der Waals surface area contributed by atoms with E-state index >= 15 is 0 Å². The molecule has 2 rings (SSSR count). The van der Waals surface area contributed by atoms with E-state index in [4.69, 9.17) is 5.73 Å². The van der Waals surface area contributed by atoms with Crippen molar-refractivity contribution in [3.05, 3.63) is 65.0 Å². The molecule has 0 radical (unpaired) electrons. The maximum atomic E-state index is 6.27. The summed E-state index contributed by atoms with van der Waals surface area (Å²) in [6.45, 7) is 4.25. The van der Waals surface area contributed by atoms with E-state index in [0.29, 0.717) is 0 Å². The molecule has 0 aliphatic carbocycles. The Balaban J connectivity index is 2.20. The molecule has 0 bridgehead atoms. The first-order valence-electron chi connectivity index (χ1n) is 5.89. The second-order valence-corrected chi connectivity index (χ2v) is 4.46. The zero-order valence-electron chi connectivity index (χ0n) is 10.4. The summed E-state index contributed by atoms with van der Waals surface area (Å²) in [4.78, 5) is 4.12. The molecule has 1 unspecified atom stereocenters. The van der Waals surface area contributed by atoms with Crippen LogP contribution in [0.4, 0.5) is 0 Å². The Hall–Kier alpha value is -1.67. The lowest BCUT2D eigenvalue weighted by molar-refractivity contribution is 0.713. The van der Waals surface area contributed by atoms with Crippen molar-refractivity contribution in [2.75, 3.05) is 0 Å². The van der Waals surface area contributed by atoms with Crippen molar-refractivity contribution in [1.82, 2.24) is 4.98 Å². The molecular formula is C15H18N2. The van der Waals surface area contributed by atoms with Gasteiger partial charge >= 0.3 is 0 Å². The number of aryl methyl sites for hydroxylation is 1. The number of pyridine rings is 1. The van der Waals surface area contributed by atoms with Gasteiger partial charge in [-0.2, -0.15) is 0 Å². The van der Waals surface area contributed by atoms with Gasteiger partial charge < -0.3 is 5.73 Å². The van der Waals surface area contributed by atoms with E-state index in [1.807, 2.05) is 12.3 Å². The SMILES string of the molecule is Cc1cccc(C(N)Cc2cccnc2)c1C. The Kier molecular flexibility index (Phi) is 3.55. The number of hydrogen-bond donors (Lipinski definition) is 1. The standard InChI is InChI=1S/C15H18N2/c1-11-5-3-7-14(12(11)2)15(16)9-13-6-4-8-17-10-13/h3-8,10,15H,9,16H2,1-2H3. The van der Waals surface area contributed by atoms with Crippen LogP contribution in [0, 0.1) is 13.8 Å². The third-order valence-electron chi connectivity index (χ3n) is 3.22. The summed E-state index contributed by atoms with van der Waals surface area (Å²) >= 11 is 0. The quantitative estimate of drug-likeness (QED) is 0.874. The zero-order valence-corrected chi connectivity index (χ0v) is 10.4. The molecule has 0 fully saturated rings. The minimum absolute atomic E-state index is 0.0408. The van der Waals surface area contributed by atoms with Crippen LogP contribution in [0.2, 0.25) is 0 Å². The molecule has 0 aliphatic heterocycles. The molecule has 2 aromatic rings. The van der Waals surface area contributed by atoms with E-state index < -0.39 is 0 Å². The Bertz CT molecular complexity index is 492. The summed E-state index contributed by atoms with van der Waals surface area (Å²) in [5, 5.41) is 0. The van der Waals surface area contributed by atoms with E-state index in [-0.39, 0.29) is 6.04 Å². The van der Waals surface area contributed by atoms with Gasteiger partial charge in [0.15, 0.2) is 0 Å². The molecule has 0 spiro atoms. The maximum Gasteiger partial charge on any atom is 0.0339 e. The van der Waals surface area contributed by atoms with E-state index in [1.165, 1.54) is 22.3 Å². The first-order chi connectivity index (χ1) is 8.18. The average molecular weight is 226 g/mol. The molecule has 88 valence electrons. The second-order valence-electron chi connectivity index (χ2n) is 4.46. The summed E-state index contributed by atoms with van der Waals surface area (Å²) in [5.41, 5.74) is 11.3. The fourth-order valence-corrected chi connectivity index (χ4v) is 2.06. The van der Waals surface area contributed by atoms with Gasteiger partial charge in [-0.3, -0.25) is 4.98 Å². The second kappa shape index (κ2) is 5.11. The van der Waals surface area contributed by atoms with Crippen LogP contribution in [0.25, 0.3) is 0 Å². The Labute approximate surface area is 103 Å². The topological polar surface area (TPSA) is 38.9 Å². The van der Waals surface area contributed by atoms with Crippen LogP contribution in [-0.4, -0.2) is 4.98 Å². The van der Waals surface area contributed by atoms with Gasteiger partial charge in [0.25, 0.3) is 0 Å². The van der Waals surface area contributed by atoms with Gasteiger partial charge in [0.1, 0.15) is 0 Å². The molecule has 1 aromatic heterocycles. The highest BCUT2D eigenvalue weighted by molar-refractivity contribution is 5.35. The van der Waals surface area contributed by atoms with Crippen molar-refractivity contribution in [2.45, 2.75) is 26.3 Å². The van der Waals surface area contributed by atoms with Gasteiger partial charge in [0, 0.05) is 18.4 Å². The van der Waals surface area contributed by atoms with E-state index in [1.54, 1.807) is 6.20 Å². The summed E-state index contributed by atoms with van der Waals surface area (Å²) in [6.07, 6.45) is 4.50. The molecule has 17 heavy (non-hydrogen) atoms. The first-order valence-corrected chi connectivity index (χ1v) is 5.89. The van der Waals surface area contributed by atoms with Gasteiger partial charge in [-0.1, -0.05) is 24.3 Å². The molecule has 2 nitrogen and oxygen atoms in total. The number of hydrogen-bond acceptors (Lipinski definition) is 2. The van der Waals surface area contributed by atoms with Crippen LogP contribution in [0.15, 0.2) is 42.7 Å². The number of benzene rings is 1. The number of nitrogens with zero attached hydrogens (tertiary/aromatic N) is 1. The highest BCUT2D eigenvalue weighted by Gasteiger charge is 2.10. The molecule has 2 heteroatoms. The van der Waals surface area contributed by atoms with Crippen LogP contribution in [0.1, 0.15) is 28.3 Å². The lowest BCUT2D eigenvalue weighted by atomic mass is 9.94. The normalized spacial score (nSPS) is 12.4. The van der Waals surface area contributed by atoms with E-state index in [9.17, 15) is 0 Å². The number of rotatable bonds is 3. The molecule has 0 saturated heterocycles. The molecule has 2 N–H and O–H groups in total. The molecule has 0 amide bonds. The van der Waals surface area contributed by atoms with Gasteiger partial charge in [-0.25, -0.2) is 0 Å². The third kappa shape index (κ3) is 2.71. The van der Waals surface area contributed by atoms with E-state index in [2.05, 4.69) is 43.1 Å². The Morgan fingerprint density at radius 3 is 2.71 bits per heavy atom. The molecule has 1 aromatic carbocycles. The van der Waals surface area contributed by atoms with Crippen molar-refractivity contribution in [3.63, 3.8) is 0 Å². The van der Waals surface area contributed by atoms with Gasteiger partial charge in [-0.05, 0) is 48.6 Å².